The third-order valence-corrected chi connectivity index (χ3v) is 7.88. The Bertz CT molecular complexity index is 799. The topological polar surface area (TPSA) is 36.0 Å². The van der Waals surface area contributed by atoms with E-state index in [2.05, 4.69) is 55.0 Å². The van der Waals surface area contributed by atoms with E-state index >= 15 is 0 Å². The molecule has 3 fully saturated rings. The number of piperazine rings is 1. The maximum absolute atomic E-state index is 12.5. The first-order chi connectivity index (χ1) is 15.1. The number of hydrogen-bond donors (Lipinski definition) is 0. The first-order valence-electron chi connectivity index (χ1n) is 12.6. The summed E-state index contributed by atoms with van der Waals surface area (Å²) in [6.07, 6.45) is 4.64. The van der Waals surface area contributed by atoms with Crippen LogP contribution in [0.25, 0.3) is 0 Å². The summed E-state index contributed by atoms with van der Waals surface area (Å²) in [6.45, 7) is 15.5. The summed E-state index contributed by atoms with van der Waals surface area (Å²) in [5, 5.41) is 0. The molecule has 2 heterocycles. The summed E-state index contributed by atoms with van der Waals surface area (Å²) in [4.78, 5) is 19.7. The molecule has 2 aliphatic heterocycles. The minimum Gasteiger partial charge on any atom is -0.444 e. The van der Waals surface area contributed by atoms with Gasteiger partial charge in [0.05, 0.1) is 0 Å². The summed E-state index contributed by atoms with van der Waals surface area (Å²) in [6, 6.07) is 10.2. The lowest BCUT2D eigenvalue weighted by molar-refractivity contribution is -0.0751. The van der Waals surface area contributed by atoms with Gasteiger partial charge in [-0.25, -0.2) is 4.79 Å². The van der Waals surface area contributed by atoms with Crippen LogP contribution in [-0.4, -0.2) is 72.2 Å². The SMILES string of the molecule is CC(C)c1ccccc1C1CN(C)CCN1C1CC2(CCN(C(=O)OC(C)(C)C)CC2)C1. The van der Waals surface area contributed by atoms with Gasteiger partial charge in [0.1, 0.15) is 5.60 Å². The molecule has 5 heteroatoms. The quantitative estimate of drug-likeness (QED) is 0.639. The van der Waals surface area contributed by atoms with Crippen molar-refractivity contribution in [1.82, 2.24) is 14.7 Å². The third kappa shape index (κ3) is 4.99. The second-order valence-corrected chi connectivity index (χ2v) is 11.8. The maximum Gasteiger partial charge on any atom is 0.410 e. The van der Waals surface area contributed by atoms with Crippen molar-refractivity contribution in [2.24, 2.45) is 5.41 Å². The Morgan fingerprint density at radius 1 is 1.06 bits per heavy atom. The van der Waals surface area contributed by atoms with Gasteiger partial charge in [-0.3, -0.25) is 4.90 Å². The van der Waals surface area contributed by atoms with Crippen LogP contribution in [0.3, 0.4) is 0 Å². The fourth-order valence-electron chi connectivity index (χ4n) is 6.06. The van der Waals surface area contributed by atoms with Crippen LogP contribution in [0.4, 0.5) is 4.79 Å². The lowest BCUT2D eigenvalue weighted by Gasteiger charge is -2.58. The highest BCUT2D eigenvalue weighted by molar-refractivity contribution is 5.68. The van der Waals surface area contributed by atoms with Crippen molar-refractivity contribution in [3.05, 3.63) is 35.4 Å². The van der Waals surface area contributed by atoms with Gasteiger partial charge in [-0.1, -0.05) is 38.1 Å². The van der Waals surface area contributed by atoms with Crippen LogP contribution in [0.1, 0.15) is 83.4 Å². The molecule has 1 aromatic carbocycles. The van der Waals surface area contributed by atoms with Gasteiger partial charge in [-0.15, -0.1) is 0 Å². The first kappa shape index (κ1) is 23.6. The number of rotatable bonds is 3. The van der Waals surface area contributed by atoms with Crippen molar-refractivity contribution in [2.75, 3.05) is 39.8 Å². The van der Waals surface area contributed by atoms with E-state index in [1.165, 1.54) is 24.0 Å². The van der Waals surface area contributed by atoms with Gasteiger partial charge in [-0.05, 0) is 76.0 Å². The molecule has 1 aliphatic carbocycles. The molecule has 5 nitrogen and oxygen atoms in total. The third-order valence-electron chi connectivity index (χ3n) is 7.88. The van der Waals surface area contributed by atoms with Crippen LogP contribution >= 0.6 is 0 Å². The number of hydrogen-bond acceptors (Lipinski definition) is 4. The molecule has 32 heavy (non-hydrogen) atoms. The van der Waals surface area contributed by atoms with Crippen LogP contribution in [0, 0.1) is 5.41 Å². The molecule has 1 amide bonds. The summed E-state index contributed by atoms with van der Waals surface area (Å²) in [7, 11) is 2.26. The summed E-state index contributed by atoms with van der Waals surface area (Å²) in [5.74, 6) is 0.546. The Balaban J connectivity index is 1.40. The average Bonchev–Trinajstić information content (AvgIpc) is 2.71. The number of benzene rings is 1. The Morgan fingerprint density at radius 3 is 2.34 bits per heavy atom. The largest absolute Gasteiger partial charge is 0.444 e. The number of likely N-dealkylation sites (N-methyl/N-ethyl adjacent to an activating group) is 1. The lowest BCUT2D eigenvalue weighted by atomic mass is 9.59. The zero-order valence-electron chi connectivity index (χ0n) is 21.1. The van der Waals surface area contributed by atoms with Gasteiger partial charge >= 0.3 is 6.09 Å². The standard InChI is InChI=1S/C27H43N3O2/c1-20(2)22-9-7-8-10-23(22)24-19-28(6)15-16-30(24)21-17-27(18-21)11-13-29(14-12-27)25(31)32-26(3,4)5/h7-10,20-21,24H,11-19H2,1-6H3. The van der Waals surface area contributed by atoms with Gasteiger partial charge in [0.25, 0.3) is 0 Å². The summed E-state index contributed by atoms with van der Waals surface area (Å²) >= 11 is 0. The number of carbonyl (C=O) groups is 1. The minimum atomic E-state index is -0.420. The first-order valence-corrected chi connectivity index (χ1v) is 12.6. The molecular weight excluding hydrogens is 398 g/mol. The van der Waals surface area contributed by atoms with E-state index in [-0.39, 0.29) is 6.09 Å². The van der Waals surface area contributed by atoms with Crippen molar-refractivity contribution in [2.45, 2.75) is 83.9 Å². The second kappa shape index (κ2) is 8.98. The molecule has 1 saturated carbocycles. The average molecular weight is 442 g/mol. The predicted molar refractivity (Wildman–Crippen MR) is 130 cm³/mol. The highest BCUT2D eigenvalue weighted by Crippen LogP contribution is 2.52. The Morgan fingerprint density at radius 2 is 1.72 bits per heavy atom. The molecule has 0 bridgehead atoms. The molecule has 0 N–H and O–H groups in total. The molecule has 1 atom stereocenters. The molecule has 1 aromatic rings. The van der Waals surface area contributed by atoms with E-state index in [1.807, 2.05) is 25.7 Å². The van der Waals surface area contributed by atoms with Gasteiger partial charge in [0.15, 0.2) is 0 Å². The Labute approximate surface area is 195 Å². The van der Waals surface area contributed by atoms with Crippen molar-refractivity contribution in [1.29, 1.82) is 0 Å². The summed E-state index contributed by atoms with van der Waals surface area (Å²) < 4.78 is 5.59. The van der Waals surface area contributed by atoms with E-state index < -0.39 is 5.60 Å². The number of piperidine rings is 1. The van der Waals surface area contributed by atoms with Crippen molar-refractivity contribution in [3.63, 3.8) is 0 Å². The Kier molecular flexibility index (Phi) is 6.61. The highest BCUT2D eigenvalue weighted by Gasteiger charge is 2.50. The van der Waals surface area contributed by atoms with Crippen LogP contribution in [0.15, 0.2) is 24.3 Å². The van der Waals surface area contributed by atoms with E-state index in [1.54, 1.807) is 0 Å². The van der Waals surface area contributed by atoms with Gasteiger partial charge in [0, 0.05) is 44.8 Å². The van der Waals surface area contributed by atoms with Gasteiger partial charge in [-0.2, -0.15) is 0 Å². The van der Waals surface area contributed by atoms with E-state index in [4.69, 9.17) is 4.74 Å². The fourth-order valence-corrected chi connectivity index (χ4v) is 6.06. The van der Waals surface area contributed by atoms with Crippen molar-refractivity contribution in [3.8, 4) is 0 Å². The van der Waals surface area contributed by atoms with Crippen LogP contribution in [0.5, 0.6) is 0 Å². The van der Waals surface area contributed by atoms with Crippen LogP contribution < -0.4 is 0 Å². The molecule has 0 aromatic heterocycles. The number of carbonyl (C=O) groups excluding carboxylic acids is 1. The molecule has 4 rings (SSSR count). The normalized spacial score (nSPS) is 25.2. The number of ether oxygens (including phenoxy) is 1. The van der Waals surface area contributed by atoms with Crippen LogP contribution in [0.2, 0.25) is 0 Å². The molecule has 1 spiro atoms. The number of likely N-dealkylation sites (tertiary alicyclic amines) is 1. The Hall–Kier alpha value is -1.59. The monoisotopic (exact) mass is 441 g/mol. The van der Waals surface area contributed by atoms with E-state index in [0.717, 1.165) is 45.6 Å². The lowest BCUT2D eigenvalue weighted by Crippen LogP contribution is -2.60. The number of amides is 1. The molecule has 178 valence electrons. The predicted octanol–water partition coefficient (Wildman–Crippen LogP) is 5.28. The second-order valence-electron chi connectivity index (χ2n) is 11.8. The fraction of sp³-hybridized carbons (Fsp3) is 0.741. The zero-order chi connectivity index (χ0) is 23.1. The molecule has 3 aliphatic rings. The molecular formula is C27H43N3O2. The van der Waals surface area contributed by atoms with Gasteiger partial charge < -0.3 is 14.5 Å². The zero-order valence-corrected chi connectivity index (χ0v) is 21.1. The van der Waals surface area contributed by atoms with E-state index in [0.29, 0.717) is 23.4 Å². The number of nitrogens with zero attached hydrogens (tertiary/aromatic N) is 3. The maximum atomic E-state index is 12.5. The molecule has 1 unspecified atom stereocenters. The van der Waals surface area contributed by atoms with Gasteiger partial charge in [0.2, 0.25) is 0 Å². The summed E-state index contributed by atoms with van der Waals surface area (Å²) in [5.41, 5.74) is 3.03. The molecule has 0 radical (unpaired) electrons. The highest BCUT2D eigenvalue weighted by atomic mass is 16.6. The van der Waals surface area contributed by atoms with E-state index in [9.17, 15) is 4.79 Å². The van der Waals surface area contributed by atoms with Crippen molar-refractivity contribution < 1.29 is 9.53 Å². The van der Waals surface area contributed by atoms with Crippen molar-refractivity contribution >= 4 is 6.09 Å². The van der Waals surface area contributed by atoms with Crippen LogP contribution in [-0.2, 0) is 4.74 Å². The molecule has 2 saturated heterocycles. The minimum absolute atomic E-state index is 0.146. The smallest absolute Gasteiger partial charge is 0.410 e.